The van der Waals surface area contributed by atoms with Crippen molar-refractivity contribution in [2.24, 2.45) is 0 Å². The Morgan fingerprint density at radius 1 is 0.805 bits per heavy atom. The number of nitrogens with zero attached hydrogens (tertiary/aromatic N) is 7. The van der Waals surface area contributed by atoms with Crippen LogP contribution in [-0.2, 0) is 51.0 Å². The van der Waals surface area contributed by atoms with Crippen molar-refractivity contribution in [3.05, 3.63) is 99.3 Å². The number of hydrogen-bond donors (Lipinski definition) is 1. The summed E-state index contributed by atoms with van der Waals surface area (Å²) in [7, 11) is 3.74. The van der Waals surface area contributed by atoms with E-state index >= 15 is 0 Å². The third-order valence-corrected chi connectivity index (χ3v) is 16.1. The first-order chi connectivity index (χ1) is 39.9. The fourth-order valence-corrected chi connectivity index (χ4v) is 11.4. The van der Waals surface area contributed by atoms with E-state index in [1.807, 2.05) is 18.7 Å². The Kier molecular flexibility index (Phi) is 22.5. The van der Waals surface area contributed by atoms with Crippen molar-refractivity contribution in [2.75, 3.05) is 151 Å². The van der Waals surface area contributed by atoms with Gasteiger partial charge in [0.15, 0.2) is 5.75 Å². The van der Waals surface area contributed by atoms with Gasteiger partial charge >= 0.3 is 5.97 Å². The van der Waals surface area contributed by atoms with E-state index < -0.39 is 24.0 Å². The second-order valence-corrected chi connectivity index (χ2v) is 21.7. The second-order valence-electron chi connectivity index (χ2n) is 19.9. The number of anilines is 1. The highest BCUT2D eigenvalue weighted by Gasteiger charge is 2.33. The molecule has 20 nitrogen and oxygen atoms in total. The van der Waals surface area contributed by atoms with Crippen molar-refractivity contribution >= 4 is 56.7 Å². The lowest BCUT2D eigenvalue weighted by Crippen LogP contribution is -2.49. The maximum atomic E-state index is 14.5. The molecule has 2 saturated heterocycles. The summed E-state index contributed by atoms with van der Waals surface area (Å²) in [6.45, 7) is 14.5. The number of morpholine rings is 1. The standard InChI is InChI=1S/C58H70Cl2FN7O13S/c1-37-48-38(2)52(60)53(51(37)59)80-45(31-67-15-13-66(3)14-16-67)35-78-43-9-10-46(40(29-43)30-47(57(69)70)81-55-50-49(48)54(82-56(50)64-36-63-55)39-5-7-41(61)8-6-39)79-33-42-11-12-62-58(65-42)68-17-18-77-44(32-68)34-76-28-27-75-26-25-74-24-23-73-22-21-72-20-19-71-4/h5-12,29,36,44-45,47H,13-28,30-35H2,1-4H3,(H,69,70)/t44-,45?,47-/m1/s1. The molecule has 4 aliphatic heterocycles. The molecule has 1 unspecified atom stereocenters. The van der Waals surface area contributed by atoms with Crippen LogP contribution in [0.3, 0.4) is 0 Å². The Balaban J connectivity index is 0.910. The number of aliphatic carboxylic acids is 1. The Morgan fingerprint density at radius 2 is 1.49 bits per heavy atom. The molecule has 82 heavy (non-hydrogen) atoms. The van der Waals surface area contributed by atoms with E-state index in [-0.39, 0.29) is 41.7 Å². The molecule has 442 valence electrons. The number of carboxylic acid groups (broad SMARTS) is 1. The minimum Gasteiger partial charge on any atom is -0.490 e. The molecule has 7 heterocycles. The third-order valence-electron chi connectivity index (χ3n) is 14.1. The number of carboxylic acids is 1. The molecule has 0 aliphatic carbocycles. The second kappa shape index (κ2) is 30.3. The van der Waals surface area contributed by atoms with Crippen molar-refractivity contribution in [2.45, 2.75) is 45.2 Å². The van der Waals surface area contributed by atoms with Crippen LogP contribution in [0.4, 0.5) is 10.3 Å². The lowest BCUT2D eigenvalue weighted by molar-refractivity contribution is -0.145. The minimum absolute atomic E-state index is 0.0151. The van der Waals surface area contributed by atoms with E-state index in [9.17, 15) is 14.3 Å². The van der Waals surface area contributed by atoms with E-state index in [1.165, 1.54) is 29.8 Å². The van der Waals surface area contributed by atoms with Crippen LogP contribution in [0.25, 0.3) is 31.8 Å². The largest absolute Gasteiger partial charge is 0.490 e. The molecule has 6 aromatic rings. The van der Waals surface area contributed by atoms with Crippen molar-refractivity contribution in [1.82, 2.24) is 29.7 Å². The van der Waals surface area contributed by atoms with E-state index in [1.54, 1.807) is 49.7 Å². The Morgan fingerprint density at radius 3 is 2.17 bits per heavy atom. The van der Waals surface area contributed by atoms with Crippen LogP contribution >= 0.6 is 34.5 Å². The van der Waals surface area contributed by atoms with E-state index in [0.29, 0.717) is 176 Å². The number of ether oxygens (including phenoxy) is 11. The van der Waals surface area contributed by atoms with E-state index in [4.69, 9.17) is 80.3 Å². The van der Waals surface area contributed by atoms with Gasteiger partial charge in [0.2, 0.25) is 17.9 Å². The molecule has 0 radical (unpaired) electrons. The molecule has 3 aromatic carbocycles. The topological polar surface area (TPSA) is 200 Å². The normalized spacial score (nSPS) is 18.0. The Bertz CT molecular complexity index is 3020. The summed E-state index contributed by atoms with van der Waals surface area (Å²) in [6, 6.07) is 13.2. The molecule has 2 fully saturated rings. The van der Waals surface area contributed by atoms with Crippen LogP contribution in [0.15, 0.2) is 61.1 Å². The molecular formula is C58H70Cl2FN7O13S. The first kappa shape index (κ1) is 61.0. The zero-order chi connectivity index (χ0) is 57.4. The molecule has 24 heteroatoms. The number of fused-ring (bicyclic) bond motifs is 7. The van der Waals surface area contributed by atoms with Gasteiger partial charge in [-0.05, 0) is 79.5 Å². The summed E-state index contributed by atoms with van der Waals surface area (Å²) >= 11 is 16.1. The van der Waals surface area contributed by atoms with E-state index in [2.05, 4.69) is 31.8 Å². The fraction of sp³-hybridized carbons (Fsp3) is 0.500. The maximum Gasteiger partial charge on any atom is 0.345 e. The highest BCUT2D eigenvalue weighted by molar-refractivity contribution is 7.22. The van der Waals surface area contributed by atoms with Gasteiger partial charge in [0.25, 0.3) is 0 Å². The number of aromatic nitrogens is 4. The number of carbonyl (C=O) groups is 1. The van der Waals surface area contributed by atoms with Gasteiger partial charge < -0.3 is 67.0 Å². The average Bonchev–Trinajstić information content (AvgIpc) is 3.30. The Hall–Kier alpha value is -5.60. The first-order valence-electron chi connectivity index (χ1n) is 27.4. The molecule has 3 aromatic heterocycles. The predicted octanol–water partition coefficient (Wildman–Crippen LogP) is 7.85. The van der Waals surface area contributed by atoms with Gasteiger partial charge in [0.05, 0.1) is 107 Å². The third kappa shape index (κ3) is 16.2. The maximum absolute atomic E-state index is 14.5. The number of hydrogen-bond acceptors (Lipinski definition) is 20. The lowest BCUT2D eigenvalue weighted by Gasteiger charge is -2.35. The molecule has 0 amide bonds. The molecule has 4 aliphatic rings. The van der Waals surface area contributed by atoms with Crippen LogP contribution in [0.1, 0.15) is 22.4 Å². The van der Waals surface area contributed by atoms with Crippen LogP contribution in [-0.4, -0.2) is 205 Å². The smallest absolute Gasteiger partial charge is 0.345 e. The van der Waals surface area contributed by atoms with Crippen LogP contribution in [0, 0.1) is 19.7 Å². The van der Waals surface area contributed by atoms with E-state index in [0.717, 1.165) is 26.2 Å². The molecular weight excluding hydrogens is 1120 g/mol. The average molecular weight is 1200 g/mol. The highest BCUT2D eigenvalue weighted by Crippen LogP contribution is 2.53. The highest BCUT2D eigenvalue weighted by atomic mass is 35.5. The number of halogens is 3. The van der Waals surface area contributed by atoms with Gasteiger partial charge in [-0.1, -0.05) is 35.3 Å². The molecule has 4 bridgehead atoms. The number of piperazine rings is 1. The molecule has 1 N–H and O–H groups in total. The molecule has 3 atom stereocenters. The Labute approximate surface area is 490 Å². The van der Waals surface area contributed by atoms with Crippen LogP contribution in [0.2, 0.25) is 10.0 Å². The summed E-state index contributed by atoms with van der Waals surface area (Å²) in [6.07, 6.45) is 0.581. The summed E-state index contributed by atoms with van der Waals surface area (Å²) in [5.74, 6) is 0.00360. The van der Waals surface area contributed by atoms with Gasteiger partial charge in [-0.15, -0.1) is 11.3 Å². The molecule has 10 rings (SSSR count). The van der Waals surface area contributed by atoms with Gasteiger partial charge in [0.1, 0.15) is 47.8 Å². The number of methoxy groups -OCH3 is 1. The fourth-order valence-electron chi connectivity index (χ4n) is 9.72. The number of thiophene rings is 1. The van der Waals surface area contributed by atoms with Crippen LogP contribution in [0.5, 0.6) is 23.1 Å². The number of rotatable bonds is 25. The summed E-state index contributed by atoms with van der Waals surface area (Å²) < 4.78 is 79.9. The monoisotopic (exact) mass is 1190 g/mol. The van der Waals surface area contributed by atoms with Crippen molar-refractivity contribution < 1.29 is 66.4 Å². The zero-order valence-corrected chi connectivity index (χ0v) is 48.9. The van der Waals surface area contributed by atoms with Gasteiger partial charge in [-0.2, -0.15) is 0 Å². The summed E-state index contributed by atoms with van der Waals surface area (Å²) in [4.78, 5) is 40.0. The SMILES string of the molecule is COCCOCCOCCOCCOCCOC[C@H]1CN(c2nccc(COc3ccc4cc3C[C@H](C(=O)O)Oc3ncnc5sc(-c6ccc(F)cc6)c(c35)-c3c(C)c(Cl)c(c(Cl)c3C)OC(CN3CCN(C)CC3)CO4)n2)CCO1. The first-order valence-corrected chi connectivity index (χ1v) is 28.9. The summed E-state index contributed by atoms with van der Waals surface area (Å²) in [5.41, 5.74) is 4.30. The minimum atomic E-state index is -1.49. The van der Waals surface area contributed by atoms with Crippen molar-refractivity contribution in [3.8, 4) is 44.7 Å². The number of likely N-dealkylation sites (N-methyl/N-ethyl adjacent to an activating group) is 1. The lowest BCUT2D eigenvalue weighted by atomic mass is 9.92. The van der Waals surface area contributed by atoms with Crippen molar-refractivity contribution in [3.63, 3.8) is 0 Å². The predicted molar refractivity (Wildman–Crippen MR) is 308 cm³/mol. The zero-order valence-electron chi connectivity index (χ0n) is 46.6. The van der Waals surface area contributed by atoms with Crippen LogP contribution < -0.4 is 23.8 Å². The van der Waals surface area contributed by atoms with Gasteiger partial charge in [-0.3, -0.25) is 4.90 Å². The van der Waals surface area contributed by atoms with Gasteiger partial charge in [-0.25, -0.2) is 29.1 Å². The quantitative estimate of drug-likeness (QED) is 0.0543. The molecule has 0 saturated carbocycles. The summed E-state index contributed by atoms with van der Waals surface area (Å²) in [5, 5.41) is 12.0. The van der Waals surface area contributed by atoms with Gasteiger partial charge in [0, 0.05) is 81.5 Å². The number of benzene rings is 3. The van der Waals surface area contributed by atoms with Crippen molar-refractivity contribution in [1.29, 1.82) is 0 Å². The molecule has 0 spiro atoms.